The number of benzene rings is 2. The lowest BCUT2D eigenvalue weighted by Gasteiger charge is -2.29. The van der Waals surface area contributed by atoms with Crippen molar-refractivity contribution in [3.05, 3.63) is 69.2 Å². The predicted octanol–water partition coefficient (Wildman–Crippen LogP) is 5.55. The molecule has 0 saturated carbocycles. The minimum Gasteiger partial charge on any atom is -0.493 e. The summed E-state index contributed by atoms with van der Waals surface area (Å²) >= 11 is 1.36. The van der Waals surface area contributed by atoms with E-state index >= 15 is 0 Å². The van der Waals surface area contributed by atoms with Gasteiger partial charge in [-0.05, 0) is 63.1 Å². The zero-order valence-electron chi connectivity index (χ0n) is 21.5. The van der Waals surface area contributed by atoms with Gasteiger partial charge in [0.15, 0.2) is 11.5 Å². The standard InChI is InChI=1S/C27H30N4O5S/c1-6-21-24(19-10-13-22(34-5)23(14-19)35-7-2)30-31(27(33)36-21)15-18-8-11-20(12-9-18)29-26(32)25-16(3)28-17(4)37-25/h8-14,21H,6-7,15H2,1-5H3,(H,29,32). The van der Waals surface area contributed by atoms with Gasteiger partial charge >= 0.3 is 6.09 Å². The number of amides is 2. The molecule has 37 heavy (non-hydrogen) atoms. The van der Waals surface area contributed by atoms with E-state index in [4.69, 9.17) is 14.2 Å². The molecule has 0 bridgehead atoms. The first-order valence-corrected chi connectivity index (χ1v) is 12.9. The fraction of sp³-hybridized carbons (Fsp3) is 0.333. The van der Waals surface area contributed by atoms with E-state index in [1.54, 1.807) is 19.2 Å². The molecule has 0 radical (unpaired) electrons. The Morgan fingerprint density at radius 2 is 1.89 bits per heavy atom. The van der Waals surface area contributed by atoms with Gasteiger partial charge in [-0.15, -0.1) is 11.3 Å². The molecule has 0 fully saturated rings. The van der Waals surface area contributed by atoms with E-state index in [-0.39, 0.29) is 12.5 Å². The van der Waals surface area contributed by atoms with Crippen LogP contribution in [0.3, 0.4) is 0 Å². The average Bonchev–Trinajstić information content (AvgIpc) is 3.24. The van der Waals surface area contributed by atoms with Crippen molar-refractivity contribution in [1.82, 2.24) is 9.99 Å². The van der Waals surface area contributed by atoms with Crippen LogP contribution in [0.5, 0.6) is 11.5 Å². The molecule has 1 N–H and O–H groups in total. The second kappa shape index (κ2) is 11.4. The zero-order chi connectivity index (χ0) is 26.5. The Kier molecular flexibility index (Phi) is 8.08. The minimum absolute atomic E-state index is 0.193. The van der Waals surface area contributed by atoms with Crippen molar-refractivity contribution in [2.45, 2.75) is 46.8 Å². The first kappa shape index (κ1) is 26.2. The van der Waals surface area contributed by atoms with Gasteiger partial charge in [0.05, 0.1) is 31.0 Å². The number of nitrogens with one attached hydrogen (secondary N) is 1. The van der Waals surface area contributed by atoms with Crippen molar-refractivity contribution >= 4 is 34.7 Å². The van der Waals surface area contributed by atoms with Crippen molar-refractivity contribution in [2.75, 3.05) is 19.0 Å². The third-order valence-corrected chi connectivity index (χ3v) is 6.84. The van der Waals surface area contributed by atoms with Crippen LogP contribution in [-0.4, -0.2) is 47.5 Å². The van der Waals surface area contributed by atoms with Crippen LogP contribution in [0.1, 0.15) is 51.8 Å². The number of hydrogen-bond acceptors (Lipinski definition) is 8. The highest BCUT2D eigenvalue weighted by atomic mass is 32.1. The number of methoxy groups -OCH3 is 1. The molecule has 1 atom stereocenters. The largest absolute Gasteiger partial charge is 0.493 e. The topological polar surface area (TPSA) is 102 Å². The van der Waals surface area contributed by atoms with Gasteiger partial charge in [-0.1, -0.05) is 19.1 Å². The maximum absolute atomic E-state index is 12.7. The summed E-state index contributed by atoms with van der Waals surface area (Å²) in [6, 6.07) is 12.8. The molecule has 9 nitrogen and oxygen atoms in total. The number of carbonyl (C=O) groups excluding carboxylic acids is 2. The first-order chi connectivity index (χ1) is 17.8. The normalized spacial score (nSPS) is 15.2. The number of rotatable bonds is 9. The molecular formula is C27H30N4O5S. The molecule has 194 valence electrons. The number of aromatic nitrogens is 1. The van der Waals surface area contributed by atoms with Crippen molar-refractivity contribution in [2.24, 2.45) is 5.10 Å². The molecule has 0 saturated heterocycles. The van der Waals surface area contributed by atoms with Gasteiger partial charge in [-0.2, -0.15) is 10.1 Å². The molecule has 1 unspecified atom stereocenters. The molecule has 2 aromatic carbocycles. The van der Waals surface area contributed by atoms with E-state index in [0.29, 0.717) is 46.5 Å². The van der Waals surface area contributed by atoms with Crippen LogP contribution in [-0.2, 0) is 11.3 Å². The fourth-order valence-electron chi connectivity index (χ4n) is 3.99. The van der Waals surface area contributed by atoms with Gasteiger partial charge in [-0.25, -0.2) is 9.78 Å². The highest BCUT2D eigenvalue weighted by molar-refractivity contribution is 7.13. The molecular weight excluding hydrogens is 492 g/mol. The average molecular weight is 523 g/mol. The highest BCUT2D eigenvalue weighted by Crippen LogP contribution is 2.30. The number of anilines is 1. The van der Waals surface area contributed by atoms with Gasteiger partial charge in [0.2, 0.25) is 0 Å². The summed E-state index contributed by atoms with van der Waals surface area (Å²) in [5.74, 6) is 1.03. The number of aryl methyl sites for hydroxylation is 2. The second-order valence-corrected chi connectivity index (χ2v) is 9.62. The number of nitrogens with zero attached hydrogens (tertiary/aromatic N) is 3. The monoisotopic (exact) mass is 522 g/mol. The highest BCUT2D eigenvalue weighted by Gasteiger charge is 2.31. The molecule has 0 spiro atoms. The molecule has 1 aliphatic heterocycles. The quantitative estimate of drug-likeness (QED) is 0.395. The van der Waals surface area contributed by atoms with Gasteiger partial charge in [-0.3, -0.25) is 4.79 Å². The number of carbonyl (C=O) groups is 2. The SMILES string of the molecule is CCOc1cc(C2=NN(Cc3ccc(NC(=O)c4sc(C)nc4C)cc3)C(=O)OC2CC)ccc1OC. The molecule has 1 aromatic heterocycles. The number of hydrazone groups is 1. The predicted molar refractivity (Wildman–Crippen MR) is 143 cm³/mol. The van der Waals surface area contributed by atoms with Crippen LogP contribution in [0.4, 0.5) is 10.5 Å². The van der Waals surface area contributed by atoms with Crippen LogP contribution in [0.15, 0.2) is 47.6 Å². The first-order valence-electron chi connectivity index (χ1n) is 12.0. The van der Waals surface area contributed by atoms with Gasteiger partial charge in [0.25, 0.3) is 5.91 Å². The number of ether oxygens (including phenoxy) is 3. The number of hydrogen-bond donors (Lipinski definition) is 1. The molecule has 10 heteroatoms. The van der Waals surface area contributed by atoms with Crippen molar-refractivity contribution in [3.63, 3.8) is 0 Å². The lowest BCUT2D eigenvalue weighted by molar-refractivity contribution is 0.0712. The minimum atomic E-state index is -0.512. The van der Waals surface area contributed by atoms with Crippen molar-refractivity contribution in [1.29, 1.82) is 0 Å². The summed E-state index contributed by atoms with van der Waals surface area (Å²) in [5, 5.41) is 9.72. The van der Waals surface area contributed by atoms with E-state index in [9.17, 15) is 9.59 Å². The van der Waals surface area contributed by atoms with Gasteiger partial charge < -0.3 is 19.5 Å². The lowest BCUT2D eigenvalue weighted by atomic mass is 10.0. The Hall–Kier alpha value is -3.92. The third-order valence-electron chi connectivity index (χ3n) is 5.77. The summed E-state index contributed by atoms with van der Waals surface area (Å²) in [6.07, 6.45) is -0.396. The van der Waals surface area contributed by atoms with Crippen molar-refractivity contribution < 1.29 is 23.8 Å². The van der Waals surface area contributed by atoms with Crippen LogP contribution < -0.4 is 14.8 Å². The Balaban J connectivity index is 1.52. The molecule has 2 amide bonds. The summed E-state index contributed by atoms with van der Waals surface area (Å²) in [7, 11) is 1.59. The lowest BCUT2D eigenvalue weighted by Crippen LogP contribution is -2.41. The Bertz CT molecular complexity index is 1320. The molecule has 2 heterocycles. The summed E-state index contributed by atoms with van der Waals surface area (Å²) in [4.78, 5) is 30.2. The Morgan fingerprint density at radius 3 is 2.51 bits per heavy atom. The second-order valence-electron chi connectivity index (χ2n) is 8.42. The smallest absolute Gasteiger partial charge is 0.431 e. The Morgan fingerprint density at radius 1 is 1.14 bits per heavy atom. The van der Waals surface area contributed by atoms with Crippen LogP contribution in [0.2, 0.25) is 0 Å². The molecule has 3 aromatic rings. The van der Waals surface area contributed by atoms with E-state index in [0.717, 1.165) is 16.1 Å². The molecule has 4 rings (SSSR count). The zero-order valence-corrected chi connectivity index (χ0v) is 22.3. The maximum Gasteiger partial charge on any atom is 0.431 e. The Labute approximate surface area is 220 Å². The van der Waals surface area contributed by atoms with E-state index < -0.39 is 12.2 Å². The van der Waals surface area contributed by atoms with Crippen molar-refractivity contribution in [3.8, 4) is 11.5 Å². The fourth-order valence-corrected chi connectivity index (χ4v) is 4.81. The van der Waals surface area contributed by atoms with Gasteiger partial charge in [0.1, 0.15) is 16.7 Å². The number of thiazole rings is 1. The van der Waals surface area contributed by atoms with Crippen LogP contribution in [0, 0.1) is 13.8 Å². The molecule has 0 aliphatic carbocycles. The maximum atomic E-state index is 12.7. The van der Waals surface area contributed by atoms with E-state index in [1.165, 1.54) is 16.3 Å². The molecule has 1 aliphatic rings. The van der Waals surface area contributed by atoms with Crippen LogP contribution in [0.25, 0.3) is 0 Å². The summed E-state index contributed by atoms with van der Waals surface area (Å²) in [6.45, 7) is 8.25. The van der Waals surface area contributed by atoms with E-state index in [1.807, 2.05) is 58.0 Å². The van der Waals surface area contributed by atoms with Crippen LogP contribution >= 0.6 is 11.3 Å². The number of cyclic esters (lactones) is 1. The summed E-state index contributed by atoms with van der Waals surface area (Å²) < 4.78 is 16.8. The summed E-state index contributed by atoms with van der Waals surface area (Å²) in [5.41, 5.74) is 3.63. The van der Waals surface area contributed by atoms with Gasteiger partial charge in [0, 0.05) is 11.3 Å². The third kappa shape index (κ3) is 5.91. The van der Waals surface area contributed by atoms with E-state index in [2.05, 4.69) is 15.4 Å².